The zero-order chi connectivity index (χ0) is 17.1. The second-order valence-electron chi connectivity index (χ2n) is 5.53. The summed E-state index contributed by atoms with van der Waals surface area (Å²) in [5.41, 5.74) is 0.438. The van der Waals surface area contributed by atoms with Gasteiger partial charge in [-0.25, -0.2) is 4.39 Å². The molecule has 1 rings (SSSR count). The van der Waals surface area contributed by atoms with E-state index in [4.69, 9.17) is 0 Å². The first-order valence-corrected chi connectivity index (χ1v) is 8.07. The lowest BCUT2D eigenvalue weighted by Crippen LogP contribution is -2.44. The first kappa shape index (κ1) is 22.6. The Kier molecular flexibility index (Phi) is 12.2. The summed E-state index contributed by atoms with van der Waals surface area (Å²) in [5.74, 6) is -0.0466. The van der Waals surface area contributed by atoms with Crippen molar-refractivity contribution in [2.75, 3.05) is 18.9 Å². The Morgan fingerprint density at radius 2 is 2.08 bits per heavy atom. The quantitative estimate of drug-likeness (QED) is 0.246. The molecule has 0 spiro atoms. The van der Waals surface area contributed by atoms with Crippen LogP contribution in [0.3, 0.4) is 0 Å². The molecule has 3 N–H and O–H groups in total. The molecule has 0 aliphatic heterocycles. The van der Waals surface area contributed by atoms with Crippen molar-refractivity contribution in [2.24, 2.45) is 4.99 Å². The Morgan fingerprint density at radius 3 is 2.71 bits per heavy atom. The Hall–Kier alpha value is -1.38. The van der Waals surface area contributed by atoms with Gasteiger partial charge < -0.3 is 16.0 Å². The second-order valence-corrected chi connectivity index (χ2v) is 5.53. The predicted molar refractivity (Wildman–Crippen MR) is 109 cm³/mol. The van der Waals surface area contributed by atoms with Crippen LogP contribution >= 0.6 is 24.0 Å². The number of hydrogen-bond donors (Lipinski definition) is 3. The number of halogens is 2. The number of hydrogen-bond acceptors (Lipinski definition) is 2. The van der Waals surface area contributed by atoms with Crippen molar-refractivity contribution in [1.82, 2.24) is 10.6 Å². The Balaban J connectivity index is 0.00000529. The maximum Gasteiger partial charge on any atom is 0.243 e. The van der Waals surface area contributed by atoms with Crippen molar-refractivity contribution in [3.05, 3.63) is 30.1 Å². The van der Waals surface area contributed by atoms with E-state index in [2.05, 4.69) is 34.8 Å². The van der Waals surface area contributed by atoms with E-state index in [0.717, 1.165) is 6.42 Å². The van der Waals surface area contributed by atoms with Gasteiger partial charge in [0.05, 0.1) is 6.54 Å². The molecule has 136 valence electrons. The summed E-state index contributed by atoms with van der Waals surface area (Å²) < 4.78 is 13.1. The number of carbonyl (C=O) groups is 1. The van der Waals surface area contributed by atoms with Crippen LogP contribution in [0.25, 0.3) is 0 Å². The number of nitrogens with one attached hydrogen (secondary N) is 3. The lowest BCUT2D eigenvalue weighted by molar-refractivity contribution is -0.115. The van der Waals surface area contributed by atoms with E-state index in [0.29, 0.717) is 17.7 Å². The number of anilines is 1. The molecule has 1 aromatic rings. The van der Waals surface area contributed by atoms with Crippen LogP contribution in [0, 0.1) is 5.82 Å². The minimum atomic E-state index is -0.380. The highest BCUT2D eigenvalue weighted by molar-refractivity contribution is 14.0. The molecule has 0 radical (unpaired) electrons. The van der Waals surface area contributed by atoms with E-state index < -0.39 is 0 Å². The monoisotopic (exact) mass is 450 g/mol. The van der Waals surface area contributed by atoms with Crippen LogP contribution in [0.5, 0.6) is 0 Å². The first-order chi connectivity index (χ1) is 11.0. The van der Waals surface area contributed by atoms with E-state index in [9.17, 15) is 9.18 Å². The van der Waals surface area contributed by atoms with Gasteiger partial charge in [-0.2, -0.15) is 0 Å². The van der Waals surface area contributed by atoms with Crippen LogP contribution < -0.4 is 16.0 Å². The molecule has 1 aromatic carbocycles. The molecule has 1 unspecified atom stereocenters. The topological polar surface area (TPSA) is 65.5 Å². The number of nitrogens with zero attached hydrogens (tertiary/aromatic N) is 1. The van der Waals surface area contributed by atoms with Gasteiger partial charge in [0.1, 0.15) is 5.82 Å². The standard InChI is InChI=1S/C17H27FN4O.HI/c1-4-5-6-8-13(2)21-17(19-3)20-12-16(23)22-15-10-7-9-14(18)11-15;/h7,9-11,13H,4-6,8,12H2,1-3H3,(H,22,23)(H2,19,20,21);1H. The fourth-order valence-corrected chi connectivity index (χ4v) is 2.14. The summed E-state index contributed by atoms with van der Waals surface area (Å²) in [7, 11) is 1.67. The van der Waals surface area contributed by atoms with Gasteiger partial charge in [-0.3, -0.25) is 9.79 Å². The Morgan fingerprint density at radius 1 is 1.33 bits per heavy atom. The average Bonchev–Trinajstić information content (AvgIpc) is 2.51. The lowest BCUT2D eigenvalue weighted by Gasteiger charge is -2.17. The van der Waals surface area contributed by atoms with Gasteiger partial charge in [0.2, 0.25) is 5.91 Å². The number of aliphatic imine (C=N–C) groups is 1. The van der Waals surface area contributed by atoms with E-state index in [1.54, 1.807) is 19.2 Å². The lowest BCUT2D eigenvalue weighted by atomic mass is 10.1. The summed E-state index contributed by atoms with van der Waals surface area (Å²) in [4.78, 5) is 16.0. The maximum atomic E-state index is 13.1. The third kappa shape index (κ3) is 9.69. The van der Waals surface area contributed by atoms with Gasteiger partial charge in [0.15, 0.2) is 5.96 Å². The molecule has 0 fully saturated rings. The third-order valence-electron chi connectivity index (χ3n) is 3.37. The van der Waals surface area contributed by atoms with Crippen LogP contribution in [0.4, 0.5) is 10.1 Å². The molecule has 0 heterocycles. The van der Waals surface area contributed by atoms with Crippen molar-refractivity contribution in [3.8, 4) is 0 Å². The molecular formula is C17H28FIN4O. The Labute approximate surface area is 160 Å². The summed E-state index contributed by atoms with van der Waals surface area (Å²) >= 11 is 0. The summed E-state index contributed by atoms with van der Waals surface area (Å²) in [6.45, 7) is 4.34. The molecule has 0 aliphatic rings. The van der Waals surface area contributed by atoms with Crippen LogP contribution in [0.15, 0.2) is 29.3 Å². The Bertz CT molecular complexity index is 525. The average molecular weight is 450 g/mol. The normalized spacial score (nSPS) is 12.1. The van der Waals surface area contributed by atoms with Gasteiger partial charge in [0, 0.05) is 18.8 Å². The van der Waals surface area contributed by atoms with Crippen LogP contribution in [0.1, 0.15) is 39.5 Å². The molecule has 7 heteroatoms. The molecule has 0 aromatic heterocycles. The SMILES string of the molecule is CCCCCC(C)NC(=NC)NCC(=O)Nc1cccc(F)c1.I. The van der Waals surface area contributed by atoms with E-state index in [1.165, 1.54) is 31.4 Å². The van der Waals surface area contributed by atoms with E-state index in [1.807, 2.05) is 0 Å². The minimum absolute atomic E-state index is 0. The molecule has 0 aliphatic carbocycles. The maximum absolute atomic E-state index is 13.1. The van der Waals surface area contributed by atoms with Crippen molar-refractivity contribution in [2.45, 2.75) is 45.6 Å². The summed E-state index contributed by atoms with van der Waals surface area (Å²) in [5, 5.41) is 8.84. The molecule has 1 atom stereocenters. The van der Waals surface area contributed by atoms with Crippen molar-refractivity contribution < 1.29 is 9.18 Å². The van der Waals surface area contributed by atoms with Gasteiger partial charge in [-0.15, -0.1) is 24.0 Å². The van der Waals surface area contributed by atoms with E-state index >= 15 is 0 Å². The molecular weight excluding hydrogens is 422 g/mol. The van der Waals surface area contributed by atoms with Crippen LogP contribution in [-0.2, 0) is 4.79 Å². The van der Waals surface area contributed by atoms with Crippen molar-refractivity contribution in [3.63, 3.8) is 0 Å². The molecule has 0 bridgehead atoms. The minimum Gasteiger partial charge on any atom is -0.354 e. The number of benzene rings is 1. The molecule has 0 saturated heterocycles. The fraction of sp³-hybridized carbons (Fsp3) is 0.529. The third-order valence-corrected chi connectivity index (χ3v) is 3.37. The molecule has 5 nitrogen and oxygen atoms in total. The second kappa shape index (κ2) is 13.0. The number of guanidine groups is 1. The zero-order valence-corrected chi connectivity index (χ0v) is 16.9. The smallest absolute Gasteiger partial charge is 0.243 e. The number of unbranched alkanes of at least 4 members (excludes halogenated alkanes) is 2. The van der Waals surface area contributed by atoms with Gasteiger partial charge in [-0.05, 0) is 31.5 Å². The van der Waals surface area contributed by atoms with Crippen LogP contribution in [0.2, 0.25) is 0 Å². The fourth-order valence-electron chi connectivity index (χ4n) is 2.14. The van der Waals surface area contributed by atoms with Crippen molar-refractivity contribution in [1.29, 1.82) is 0 Å². The first-order valence-electron chi connectivity index (χ1n) is 8.07. The van der Waals surface area contributed by atoms with Gasteiger partial charge >= 0.3 is 0 Å². The molecule has 24 heavy (non-hydrogen) atoms. The van der Waals surface area contributed by atoms with Crippen molar-refractivity contribution >= 4 is 41.5 Å². The summed E-state index contributed by atoms with van der Waals surface area (Å²) in [6.07, 6.45) is 4.64. The zero-order valence-electron chi connectivity index (χ0n) is 14.6. The number of carbonyl (C=O) groups excluding carboxylic acids is 1. The largest absolute Gasteiger partial charge is 0.354 e. The highest BCUT2D eigenvalue weighted by atomic mass is 127. The van der Waals surface area contributed by atoms with Gasteiger partial charge in [-0.1, -0.05) is 32.3 Å². The number of rotatable bonds is 8. The van der Waals surface area contributed by atoms with Gasteiger partial charge in [0.25, 0.3) is 0 Å². The summed E-state index contributed by atoms with van der Waals surface area (Å²) in [6, 6.07) is 6.10. The molecule has 1 amide bonds. The highest BCUT2D eigenvalue weighted by Crippen LogP contribution is 2.08. The van der Waals surface area contributed by atoms with E-state index in [-0.39, 0.29) is 42.2 Å². The number of amides is 1. The van der Waals surface area contributed by atoms with Crippen LogP contribution in [-0.4, -0.2) is 31.5 Å². The highest BCUT2D eigenvalue weighted by Gasteiger charge is 2.07. The predicted octanol–water partition coefficient (Wildman–Crippen LogP) is 3.52. The molecule has 0 saturated carbocycles.